The second kappa shape index (κ2) is 6.64. The van der Waals surface area contributed by atoms with E-state index < -0.39 is 11.0 Å². The molecule has 6 nitrogen and oxygen atoms in total. The number of carbonyl (C=O) groups excluding carboxylic acids is 2. The van der Waals surface area contributed by atoms with Gasteiger partial charge in [-0.3, -0.25) is 4.79 Å². The summed E-state index contributed by atoms with van der Waals surface area (Å²) in [6.07, 6.45) is 1.13. The Hall–Kier alpha value is -2.55. The van der Waals surface area contributed by atoms with Crippen molar-refractivity contribution in [1.82, 2.24) is 4.90 Å². The standard InChI is InChI=1S/C20H25N3O3/c1-19(2,3)26-18(25)22-13-9-20(10-14-22)15-7-4-5-8-16(15)23(17(20)24)12-6-11-21/h4-5,7-8H,6,9-10,12-14H2,1-3H3. The molecule has 0 aliphatic carbocycles. The Morgan fingerprint density at radius 3 is 2.54 bits per heavy atom. The third-order valence-electron chi connectivity index (χ3n) is 5.08. The van der Waals surface area contributed by atoms with Crippen LogP contribution in [-0.2, 0) is 14.9 Å². The number of nitrogens with zero attached hydrogens (tertiary/aromatic N) is 3. The zero-order valence-electron chi connectivity index (χ0n) is 15.6. The lowest BCUT2D eigenvalue weighted by atomic mass is 9.74. The number of piperidine rings is 1. The van der Waals surface area contributed by atoms with Crippen molar-refractivity contribution in [3.8, 4) is 6.07 Å². The third kappa shape index (κ3) is 3.14. The molecular formula is C20H25N3O3. The second-order valence-electron chi connectivity index (χ2n) is 7.93. The molecule has 1 aromatic carbocycles. The van der Waals surface area contributed by atoms with E-state index in [2.05, 4.69) is 6.07 Å². The molecule has 0 N–H and O–H groups in total. The molecule has 0 unspecified atom stereocenters. The molecule has 0 atom stereocenters. The van der Waals surface area contributed by atoms with Crippen molar-refractivity contribution in [3.05, 3.63) is 29.8 Å². The van der Waals surface area contributed by atoms with Crippen LogP contribution >= 0.6 is 0 Å². The Morgan fingerprint density at radius 2 is 1.92 bits per heavy atom. The maximum absolute atomic E-state index is 13.2. The molecule has 1 fully saturated rings. The first-order valence-corrected chi connectivity index (χ1v) is 9.05. The summed E-state index contributed by atoms with van der Waals surface area (Å²) >= 11 is 0. The van der Waals surface area contributed by atoms with Crippen molar-refractivity contribution in [2.75, 3.05) is 24.5 Å². The minimum atomic E-state index is -0.593. The van der Waals surface area contributed by atoms with Crippen LogP contribution in [0.25, 0.3) is 0 Å². The van der Waals surface area contributed by atoms with Crippen molar-refractivity contribution in [2.24, 2.45) is 0 Å². The topological polar surface area (TPSA) is 73.6 Å². The normalized spacial score (nSPS) is 18.6. The van der Waals surface area contributed by atoms with E-state index in [1.807, 2.05) is 45.0 Å². The van der Waals surface area contributed by atoms with Gasteiger partial charge in [-0.1, -0.05) is 18.2 Å². The fourth-order valence-electron chi connectivity index (χ4n) is 3.86. The van der Waals surface area contributed by atoms with Crippen molar-refractivity contribution in [3.63, 3.8) is 0 Å². The van der Waals surface area contributed by atoms with Crippen LogP contribution in [0.1, 0.15) is 45.6 Å². The third-order valence-corrected chi connectivity index (χ3v) is 5.08. The van der Waals surface area contributed by atoms with Crippen LogP contribution in [0.3, 0.4) is 0 Å². The van der Waals surface area contributed by atoms with Crippen molar-refractivity contribution in [1.29, 1.82) is 5.26 Å². The quantitative estimate of drug-likeness (QED) is 0.816. The van der Waals surface area contributed by atoms with Gasteiger partial charge in [-0.25, -0.2) is 4.79 Å². The van der Waals surface area contributed by atoms with Crippen molar-refractivity contribution in [2.45, 2.75) is 51.0 Å². The van der Waals surface area contributed by atoms with Gasteiger partial charge in [0, 0.05) is 25.3 Å². The van der Waals surface area contributed by atoms with Crippen LogP contribution in [0.2, 0.25) is 0 Å². The molecule has 0 saturated carbocycles. The van der Waals surface area contributed by atoms with Crippen LogP contribution in [0, 0.1) is 11.3 Å². The van der Waals surface area contributed by atoms with Gasteiger partial charge in [-0.15, -0.1) is 0 Å². The average molecular weight is 355 g/mol. The molecule has 1 spiro atoms. The Kier molecular flexibility index (Phi) is 4.66. The van der Waals surface area contributed by atoms with Crippen LogP contribution in [0.15, 0.2) is 24.3 Å². The van der Waals surface area contributed by atoms with E-state index in [0.29, 0.717) is 38.9 Å². The number of carbonyl (C=O) groups is 2. The monoisotopic (exact) mass is 355 g/mol. The van der Waals surface area contributed by atoms with Gasteiger partial charge in [0.1, 0.15) is 5.60 Å². The Morgan fingerprint density at radius 1 is 1.27 bits per heavy atom. The molecule has 3 rings (SSSR count). The molecule has 2 aliphatic rings. The lowest BCUT2D eigenvalue weighted by Gasteiger charge is -2.38. The molecule has 0 radical (unpaired) electrons. The van der Waals surface area contributed by atoms with E-state index in [-0.39, 0.29) is 12.0 Å². The van der Waals surface area contributed by atoms with Crippen LogP contribution in [0.5, 0.6) is 0 Å². The first-order valence-electron chi connectivity index (χ1n) is 9.05. The first kappa shape index (κ1) is 18.2. The number of para-hydroxylation sites is 1. The van der Waals surface area contributed by atoms with E-state index in [0.717, 1.165) is 11.3 Å². The predicted molar refractivity (Wildman–Crippen MR) is 97.7 cm³/mol. The maximum Gasteiger partial charge on any atom is 0.410 e. The number of ether oxygens (including phenoxy) is 1. The van der Waals surface area contributed by atoms with Gasteiger partial charge in [-0.2, -0.15) is 5.26 Å². The molecule has 0 bridgehead atoms. The van der Waals surface area contributed by atoms with Gasteiger partial charge in [0.05, 0.1) is 17.9 Å². The van der Waals surface area contributed by atoms with E-state index in [4.69, 9.17) is 10.00 Å². The van der Waals surface area contributed by atoms with Gasteiger partial charge in [0.2, 0.25) is 5.91 Å². The van der Waals surface area contributed by atoms with E-state index in [1.165, 1.54) is 0 Å². The molecule has 1 aromatic rings. The summed E-state index contributed by atoms with van der Waals surface area (Å²) in [5.74, 6) is 0.0535. The SMILES string of the molecule is CC(C)(C)OC(=O)N1CCC2(CC1)C(=O)N(CCC#N)c1ccccc12. The highest BCUT2D eigenvalue weighted by Gasteiger charge is 2.52. The van der Waals surface area contributed by atoms with Gasteiger partial charge < -0.3 is 14.5 Å². The van der Waals surface area contributed by atoms with Crippen molar-refractivity contribution < 1.29 is 14.3 Å². The molecule has 0 aromatic heterocycles. The summed E-state index contributed by atoms with van der Waals surface area (Å²) in [5.41, 5.74) is 0.797. The summed E-state index contributed by atoms with van der Waals surface area (Å²) in [5, 5.41) is 8.91. The first-order chi connectivity index (χ1) is 12.3. The highest BCUT2D eigenvalue weighted by molar-refractivity contribution is 6.08. The van der Waals surface area contributed by atoms with Gasteiger partial charge in [-0.05, 0) is 45.2 Å². The number of hydrogen-bond acceptors (Lipinski definition) is 4. The number of fused-ring (bicyclic) bond motifs is 2. The molecule has 1 saturated heterocycles. The largest absolute Gasteiger partial charge is 0.444 e. The average Bonchev–Trinajstić information content (AvgIpc) is 2.81. The number of amides is 2. The van der Waals surface area contributed by atoms with Gasteiger partial charge >= 0.3 is 6.09 Å². The number of rotatable bonds is 2. The molecule has 2 aliphatic heterocycles. The van der Waals surface area contributed by atoms with Crippen LogP contribution < -0.4 is 4.90 Å². The van der Waals surface area contributed by atoms with Gasteiger partial charge in [0.15, 0.2) is 0 Å². The molecule has 138 valence electrons. The molecule has 6 heteroatoms. The number of anilines is 1. The Labute approximate surface area is 154 Å². The second-order valence-corrected chi connectivity index (χ2v) is 7.93. The predicted octanol–water partition coefficient (Wildman–Crippen LogP) is 3.22. The zero-order chi connectivity index (χ0) is 18.9. The van der Waals surface area contributed by atoms with E-state index in [1.54, 1.807) is 9.80 Å². The molecule has 2 amide bonds. The minimum Gasteiger partial charge on any atom is -0.444 e. The zero-order valence-corrected chi connectivity index (χ0v) is 15.6. The smallest absolute Gasteiger partial charge is 0.410 e. The molecule has 26 heavy (non-hydrogen) atoms. The number of likely N-dealkylation sites (tertiary alicyclic amines) is 1. The Balaban J connectivity index is 1.80. The number of benzene rings is 1. The number of nitriles is 1. The summed E-state index contributed by atoms with van der Waals surface area (Å²) in [7, 11) is 0. The fraction of sp³-hybridized carbons (Fsp3) is 0.550. The highest BCUT2D eigenvalue weighted by atomic mass is 16.6. The summed E-state index contributed by atoms with van der Waals surface area (Å²) in [4.78, 5) is 29.0. The minimum absolute atomic E-state index is 0.0535. The number of hydrogen-bond donors (Lipinski definition) is 0. The Bertz CT molecular complexity index is 752. The van der Waals surface area contributed by atoms with E-state index in [9.17, 15) is 9.59 Å². The summed E-state index contributed by atoms with van der Waals surface area (Å²) in [6, 6.07) is 9.93. The highest BCUT2D eigenvalue weighted by Crippen LogP contribution is 2.48. The van der Waals surface area contributed by atoms with Crippen molar-refractivity contribution >= 4 is 17.7 Å². The van der Waals surface area contributed by atoms with Gasteiger partial charge in [0.25, 0.3) is 0 Å². The molecular weight excluding hydrogens is 330 g/mol. The summed E-state index contributed by atoms with van der Waals surface area (Å²) in [6.45, 7) is 6.92. The lowest BCUT2D eigenvalue weighted by molar-refractivity contribution is -0.124. The fourth-order valence-corrected chi connectivity index (χ4v) is 3.86. The molecule has 2 heterocycles. The lowest BCUT2D eigenvalue weighted by Crippen LogP contribution is -2.51. The summed E-state index contributed by atoms with van der Waals surface area (Å²) < 4.78 is 5.45. The van der Waals surface area contributed by atoms with Crippen LogP contribution in [0.4, 0.5) is 10.5 Å². The van der Waals surface area contributed by atoms with E-state index >= 15 is 0 Å². The van der Waals surface area contributed by atoms with Crippen LogP contribution in [-0.4, -0.2) is 42.1 Å². The maximum atomic E-state index is 13.2.